The molecule has 1 aliphatic heterocycles. The lowest BCUT2D eigenvalue weighted by molar-refractivity contribution is -0.646. The van der Waals surface area contributed by atoms with Crippen LogP contribution in [-0.4, -0.2) is 54.1 Å². The quantitative estimate of drug-likeness (QED) is 0.456. The number of H-pyrrole nitrogens is 1. The first-order chi connectivity index (χ1) is 16.7. The Hall–Kier alpha value is -3.29. The molecule has 2 amide bonds. The molecule has 0 bridgehead atoms. The number of hydrogen-bond acceptors (Lipinski definition) is 5. The largest absolute Gasteiger partial charge is 0.381 e. The van der Waals surface area contributed by atoms with E-state index in [0.29, 0.717) is 34.9 Å². The smallest absolute Gasteiger partial charge is 0.306 e. The number of fused-ring (bicyclic) bond motifs is 1. The fourth-order valence-electron chi connectivity index (χ4n) is 4.01. The maximum absolute atomic E-state index is 13.1. The maximum Gasteiger partial charge on any atom is 0.306 e. The Morgan fingerprint density at radius 2 is 2.06 bits per heavy atom. The minimum Gasteiger partial charge on any atom is -0.381 e. The van der Waals surface area contributed by atoms with Gasteiger partial charge in [0.2, 0.25) is 0 Å². The molecule has 9 nitrogen and oxygen atoms in total. The van der Waals surface area contributed by atoms with E-state index in [0.717, 1.165) is 23.4 Å². The Kier molecular flexibility index (Phi) is 7.19. The zero-order valence-electron chi connectivity index (χ0n) is 20.8. The summed E-state index contributed by atoms with van der Waals surface area (Å²) >= 11 is 1.39. The number of carbonyl (C=O) groups excluding carboxylic acids is 2. The molecule has 1 unspecified atom stereocenters. The highest BCUT2D eigenvalue weighted by atomic mass is 32.1. The standard InChI is InChI=1S/C25H30N6O3S/c1-15(25(2,3)14-26-4)28-23(32)17-12-27-22-21(17)30-18(13-31(22)5)19-6-7-20(35-19)24(33)29-16-8-10-34-11-9-16/h6-7,12-13,15-16H,8-11H2,1-5H3,(H-,28,29,32,33)/p+2. The lowest BCUT2D eigenvalue weighted by Gasteiger charge is -2.22. The summed E-state index contributed by atoms with van der Waals surface area (Å²) in [7, 11) is 3.57. The van der Waals surface area contributed by atoms with E-state index >= 15 is 0 Å². The summed E-state index contributed by atoms with van der Waals surface area (Å²) < 4.78 is 7.27. The third-order valence-corrected chi connectivity index (χ3v) is 7.55. The van der Waals surface area contributed by atoms with Gasteiger partial charge in [-0.25, -0.2) is 14.5 Å². The molecular weight excluding hydrogens is 464 g/mol. The fraction of sp³-hybridized carbons (Fsp3) is 0.480. The van der Waals surface area contributed by atoms with Crippen molar-refractivity contribution < 1.29 is 18.9 Å². The minimum atomic E-state index is -0.418. The second kappa shape index (κ2) is 10.1. The molecule has 1 fully saturated rings. The molecule has 1 saturated heterocycles. The Bertz CT molecular complexity index is 1310. The second-order valence-electron chi connectivity index (χ2n) is 9.41. The lowest BCUT2D eigenvalue weighted by atomic mass is 9.87. The summed E-state index contributed by atoms with van der Waals surface area (Å²) in [4.78, 5) is 39.3. The number of hydrogen-bond donors (Lipinski definition) is 3. The van der Waals surface area contributed by atoms with Crippen LogP contribution in [0.15, 0.2) is 24.5 Å². The predicted molar refractivity (Wildman–Crippen MR) is 136 cm³/mol. The number of thiophene rings is 1. The summed E-state index contributed by atoms with van der Waals surface area (Å²) in [5.41, 5.74) is 2.05. The molecule has 1 atom stereocenters. The average molecular weight is 497 g/mol. The lowest BCUT2D eigenvalue weighted by Crippen LogP contribution is -2.42. The number of ether oxygens (including phenoxy) is 1. The predicted octanol–water partition coefficient (Wildman–Crippen LogP) is 3.13. The van der Waals surface area contributed by atoms with Crippen molar-refractivity contribution >= 4 is 34.3 Å². The van der Waals surface area contributed by atoms with Crippen molar-refractivity contribution in [2.24, 2.45) is 12.5 Å². The van der Waals surface area contributed by atoms with Crippen molar-refractivity contribution in [2.75, 3.05) is 20.3 Å². The molecule has 0 saturated carbocycles. The van der Waals surface area contributed by atoms with Gasteiger partial charge in [-0.05, 0) is 45.7 Å². The van der Waals surface area contributed by atoms with Gasteiger partial charge in [0.05, 0.1) is 16.8 Å². The molecule has 3 N–H and O–H groups in total. The van der Waals surface area contributed by atoms with Gasteiger partial charge in [-0.1, -0.05) is 4.85 Å². The van der Waals surface area contributed by atoms with Crippen molar-refractivity contribution in [1.82, 2.24) is 20.6 Å². The summed E-state index contributed by atoms with van der Waals surface area (Å²) in [6.45, 7) is 7.23. The van der Waals surface area contributed by atoms with Crippen LogP contribution in [0.3, 0.4) is 0 Å². The van der Waals surface area contributed by atoms with Crippen molar-refractivity contribution in [2.45, 2.75) is 45.7 Å². The zero-order valence-corrected chi connectivity index (χ0v) is 21.6. The first kappa shape index (κ1) is 24.8. The number of aromatic amines is 1. The summed E-state index contributed by atoms with van der Waals surface area (Å²) in [5, 5.41) is 6.14. The highest BCUT2D eigenvalue weighted by Crippen LogP contribution is 2.28. The monoisotopic (exact) mass is 496 g/mol. The van der Waals surface area contributed by atoms with Crippen LogP contribution in [0.1, 0.15) is 53.6 Å². The number of aromatic nitrogens is 3. The van der Waals surface area contributed by atoms with Gasteiger partial charge in [-0.2, -0.15) is 0 Å². The number of carbonyl (C=O) groups is 2. The SMILES string of the molecule is C[N+]#CC(C)(C)C(C)NC(=O)c1c[nH]c2c1nc(-c1ccc(C(=O)NC3CCOCC3)s1)c[n+]2C. The van der Waals surface area contributed by atoms with Gasteiger partial charge in [-0.3, -0.25) is 9.59 Å². The molecule has 4 rings (SSSR count). The molecule has 35 heavy (non-hydrogen) atoms. The zero-order chi connectivity index (χ0) is 25.2. The van der Waals surface area contributed by atoms with Crippen molar-refractivity contribution in [3.63, 3.8) is 0 Å². The van der Waals surface area contributed by atoms with Gasteiger partial charge >= 0.3 is 5.65 Å². The summed E-state index contributed by atoms with van der Waals surface area (Å²) in [6.07, 6.45) is 5.23. The van der Waals surface area contributed by atoms with E-state index in [-0.39, 0.29) is 23.9 Å². The molecule has 0 aromatic carbocycles. The van der Waals surface area contributed by atoms with E-state index in [4.69, 9.17) is 9.72 Å². The fourth-order valence-corrected chi connectivity index (χ4v) is 4.88. The van der Waals surface area contributed by atoms with E-state index < -0.39 is 5.41 Å². The molecule has 0 radical (unpaired) electrons. The minimum absolute atomic E-state index is 0.0793. The number of nitrogens with zero attached hydrogens (tertiary/aromatic N) is 3. The Labute approximate surface area is 208 Å². The topological polar surface area (TPSA) is 104 Å². The number of nitrogens with one attached hydrogen (secondary N) is 3. The molecule has 3 aromatic heterocycles. The first-order valence-corrected chi connectivity index (χ1v) is 12.5. The molecule has 4 heterocycles. The average Bonchev–Trinajstić information content (AvgIpc) is 3.47. The summed E-state index contributed by atoms with van der Waals surface area (Å²) in [6, 6.07) is 6.71. The number of aryl methyl sites for hydroxylation is 1. The highest BCUT2D eigenvalue weighted by molar-refractivity contribution is 7.17. The van der Waals surface area contributed by atoms with Crippen LogP contribution in [0.25, 0.3) is 26.6 Å². The van der Waals surface area contributed by atoms with Gasteiger partial charge in [0.15, 0.2) is 5.52 Å². The number of rotatable bonds is 6. The number of amides is 2. The van der Waals surface area contributed by atoms with E-state index in [2.05, 4.69) is 26.5 Å². The Morgan fingerprint density at radius 3 is 2.77 bits per heavy atom. The van der Waals surface area contributed by atoms with E-state index in [9.17, 15) is 9.59 Å². The maximum atomic E-state index is 13.1. The van der Waals surface area contributed by atoms with Crippen molar-refractivity contribution in [1.29, 1.82) is 0 Å². The third kappa shape index (κ3) is 5.36. The summed E-state index contributed by atoms with van der Waals surface area (Å²) in [5.74, 6) is -0.300. The van der Waals surface area contributed by atoms with Crippen LogP contribution in [-0.2, 0) is 11.8 Å². The van der Waals surface area contributed by atoms with Crippen LogP contribution in [0.2, 0.25) is 0 Å². The van der Waals surface area contributed by atoms with Crippen molar-refractivity contribution in [3.8, 4) is 16.6 Å². The van der Waals surface area contributed by atoms with Gasteiger partial charge < -0.3 is 15.4 Å². The van der Waals surface area contributed by atoms with Crippen LogP contribution in [0, 0.1) is 11.5 Å². The van der Waals surface area contributed by atoms with Crippen LogP contribution in [0.5, 0.6) is 0 Å². The van der Waals surface area contributed by atoms with Gasteiger partial charge in [0.25, 0.3) is 24.9 Å². The molecule has 1 aliphatic rings. The molecule has 184 valence electrons. The Balaban J connectivity index is 1.57. The van der Waals surface area contributed by atoms with Gasteiger partial charge in [0, 0.05) is 25.3 Å². The molecule has 0 aliphatic carbocycles. The molecule has 3 aromatic rings. The molecular formula is C25H32N6O3S+2. The van der Waals surface area contributed by atoms with Gasteiger partial charge in [0.1, 0.15) is 29.1 Å². The van der Waals surface area contributed by atoms with E-state index in [1.54, 1.807) is 13.2 Å². The van der Waals surface area contributed by atoms with Crippen molar-refractivity contribution in [3.05, 3.63) is 39.8 Å². The second-order valence-corrected chi connectivity index (χ2v) is 10.5. The third-order valence-electron chi connectivity index (χ3n) is 6.45. The van der Waals surface area contributed by atoms with Crippen LogP contribution < -0.4 is 15.2 Å². The van der Waals surface area contributed by atoms with Gasteiger partial charge in [-0.15, -0.1) is 11.3 Å². The van der Waals surface area contributed by atoms with E-state index in [1.165, 1.54) is 11.3 Å². The molecule has 10 heteroatoms. The van der Waals surface area contributed by atoms with E-state index in [1.807, 2.05) is 50.7 Å². The Morgan fingerprint density at radius 1 is 1.31 bits per heavy atom. The normalized spacial score (nSPS) is 15.3. The molecule has 0 spiro atoms. The van der Waals surface area contributed by atoms with Crippen LogP contribution >= 0.6 is 11.3 Å². The highest BCUT2D eigenvalue weighted by Gasteiger charge is 2.32. The van der Waals surface area contributed by atoms with Crippen LogP contribution in [0.4, 0.5) is 0 Å². The first-order valence-electron chi connectivity index (χ1n) is 11.7.